The van der Waals surface area contributed by atoms with Gasteiger partial charge in [0.05, 0.1) is 13.2 Å². The van der Waals surface area contributed by atoms with Gasteiger partial charge < -0.3 is 9.47 Å². The quantitative estimate of drug-likeness (QED) is 0.104. The van der Waals surface area contributed by atoms with Crippen LogP contribution >= 0.6 is 31.9 Å². The van der Waals surface area contributed by atoms with Crippen LogP contribution in [0.1, 0.15) is 90.9 Å². The molecule has 4 heteroatoms. The van der Waals surface area contributed by atoms with Gasteiger partial charge in [0.25, 0.3) is 0 Å². The fourth-order valence-corrected chi connectivity index (χ4v) is 6.20. The summed E-state index contributed by atoms with van der Waals surface area (Å²) in [6, 6.07) is 21.7. The Bertz CT molecular complexity index is 1260. The molecule has 0 heterocycles. The molecule has 0 saturated heterocycles. The maximum atomic E-state index is 6.57. The number of hydrogen-bond acceptors (Lipinski definition) is 2. The van der Waals surface area contributed by atoms with Crippen LogP contribution in [0.15, 0.2) is 69.6 Å². The van der Waals surface area contributed by atoms with Gasteiger partial charge in [-0.15, -0.1) is 0 Å². The lowest BCUT2D eigenvalue weighted by Gasteiger charge is -2.20. The minimum atomic E-state index is 0.728. The molecule has 4 rings (SSSR count). The topological polar surface area (TPSA) is 18.5 Å². The highest BCUT2D eigenvalue weighted by molar-refractivity contribution is 9.10. The maximum Gasteiger partial charge on any atom is 0.127 e. The number of unbranched alkanes of at least 4 members (excludes halogenated alkanes) is 10. The summed E-state index contributed by atoms with van der Waals surface area (Å²) in [5, 5.41) is 4.74. The molecular formula is C36H44Br2O2. The van der Waals surface area contributed by atoms with E-state index in [1.54, 1.807) is 0 Å². The molecule has 2 nitrogen and oxygen atoms in total. The zero-order chi connectivity index (χ0) is 28.2. The van der Waals surface area contributed by atoms with Crippen LogP contribution in [0.3, 0.4) is 0 Å². The normalized spacial score (nSPS) is 11.4. The summed E-state index contributed by atoms with van der Waals surface area (Å²) in [5.74, 6) is 1.87. The summed E-state index contributed by atoms with van der Waals surface area (Å²) in [7, 11) is 0. The molecule has 0 aliphatic heterocycles. The third-order valence-electron chi connectivity index (χ3n) is 7.65. The van der Waals surface area contributed by atoms with Crippen molar-refractivity contribution in [2.24, 2.45) is 0 Å². The molecule has 0 aliphatic rings. The summed E-state index contributed by atoms with van der Waals surface area (Å²) in [4.78, 5) is 0. The van der Waals surface area contributed by atoms with Crippen molar-refractivity contribution in [1.82, 2.24) is 0 Å². The van der Waals surface area contributed by atoms with E-state index in [0.29, 0.717) is 0 Å². The third-order valence-corrected chi connectivity index (χ3v) is 8.63. The van der Waals surface area contributed by atoms with Crippen LogP contribution in [0.5, 0.6) is 11.5 Å². The number of hydrogen-bond donors (Lipinski definition) is 0. The SMILES string of the molecule is CCCCCCCCOc1ccc2cc(Br)ccc2c1-c1c(OCCCCCCCC)ccc2cc(Br)ccc12. The Labute approximate surface area is 258 Å². The van der Waals surface area contributed by atoms with Crippen LogP contribution in [0, 0.1) is 0 Å². The van der Waals surface area contributed by atoms with Gasteiger partial charge in [-0.1, -0.05) is 134 Å². The smallest absolute Gasteiger partial charge is 0.127 e. The Morgan fingerprint density at radius 1 is 0.475 bits per heavy atom. The number of ether oxygens (including phenoxy) is 2. The van der Waals surface area contributed by atoms with Crippen molar-refractivity contribution >= 4 is 53.4 Å². The van der Waals surface area contributed by atoms with Crippen LogP contribution in [0.4, 0.5) is 0 Å². The summed E-state index contributed by atoms with van der Waals surface area (Å²) in [5.41, 5.74) is 2.25. The molecule has 0 N–H and O–H groups in total. The third kappa shape index (κ3) is 8.49. The van der Waals surface area contributed by atoms with Gasteiger partial charge in [0.2, 0.25) is 0 Å². The van der Waals surface area contributed by atoms with Gasteiger partial charge >= 0.3 is 0 Å². The van der Waals surface area contributed by atoms with E-state index in [2.05, 4.69) is 106 Å². The standard InChI is InChI=1S/C36H44Br2O2/c1-3-5-7-9-11-13-23-39-33-21-15-27-25-29(37)17-19-31(27)35(33)36-32-20-18-30(38)26-28(32)16-22-34(36)40-24-14-12-10-8-6-4-2/h15-22,25-26H,3-14,23-24H2,1-2H3. The first kappa shape index (κ1) is 30.9. The number of halogens is 2. The number of benzene rings is 4. The lowest BCUT2D eigenvalue weighted by molar-refractivity contribution is 0.302. The van der Waals surface area contributed by atoms with E-state index in [1.165, 1.54) is 85.8 Å². The van der Waals surface area contributed by atoms with Crippen LogP contribution in [-0.4, -0.2) is 13.2 Å². The summed E-state index contributed by atoms with van der Waals surface area (Å²) in [6.45, 7) is 5.98. The van der Waals surface area contributed by atoms with Gasteiger partial charge in [0.1, 0.15) is 11.5 Å². The number of rotatable bonds is 17. The van der Waals surface area contributed by atoms with Gasteiger partial charge in [-0.25, -0.2) is 0 Å². The fourth-order valence-electron chi connectivity index (χ4n) is 5.45. The predicted octanol–water partition coefficient (Wildman–Crippen LogP) is 12.7. The molecule has 0 atom stereocenters. The highest BCUT2D eigenvalue weighted by atomic mass is 79.9. The van der Waals surface area contributed by atoms with E-state index in [4.69, 9.17) is 9.47 Å². The Hall–Kier alpha value is -2.04. The highest BCUT2D eigenvalue weighted by Gasteiger charge is 2.19. The summed E-state index contributed by atoms with van der Waals surface area (Å²) in [6.07, 6.45) is 15.0. The first-order chi connectivity index (χ1) is 19.6. The van der Waals surface area contributed by atoms with E-state index < -0.39 is 0 Å². The predicted molar refractivity (Wildman–Crippen MR) is 180 cm³/mol. The van der Waals surface area contributed by atoms with Crippen molar-refractivity contribution in [1.29, 1.82) is 0 Å². The molecule has 0 aliphatic carbocycles. The van der Waals surface area contributed by atoms with Crippen molar-refractivity contribution in [2.75, 3.05) is 13.2 Å². The zero-order valence-corrected chi connectivity index (χ0v) is 27.4. The molecule has 0 bridgehead atoms. The van der Waals surface area contributed by atoms with Gasteiger partial charge in [0.15, 0.2) is 0 Å². The van der Waals surface area contributed by atoms with Crippen molar-refractivity contribution in [3.63, 3.8) is 0 Å². The Morgan fingerprint density at radius 3 is 1.30 bits per heavy atom. The Balaban J connectivity index is 1.69. The van der Waals surface area contributed by atoms with Crippen molar-refractivity contribution < 1.29 is 9.47 Å². The average Bonchev–Trinajstić information content (AvgIpc) is 2.96. The first-order valence-electron chi connectivity index (χ1n) is 15.3. The van der Waals surface area contributed by atoms with Gasteiger partial charge in [-0.05, 0) is 70.8 Å². The molecule has 0 fully saturated rings. The van der Waals surface area contributed by atoms with Gasteiger partial charge in [0, 0.05) is 20.1 Å². The van der Waals surface area contributed by atoms with Crippen LogP contribution in [0.25, 0.3) is 32.7 Å². The Kier molecular flexibility index (Phi) is 12.7. The number of fused-ring (bicyclic) bond motifs is 2. The molecule has 214 valence electrons. The van der Waals surface area contributed by atoms with Crippen LogP contribution in [0.2, 0.25) is 0 Å². The second-order valence-electron chi connectivity index (χ2n) is 10.8. The highest BCUT2D eigenvalue weighted by Crippen LogP contribution is 2.46. The molecule has 4 aromatic carbocycles. The largest absolute Gasteiger partial charge is 0.493 e. The lowest BCUT2D eigenvalue weighted by Crippen LogP contribution is -2.03. The first-order valence-corrected chi connectivity index (χ1v) is 16.9. The molecular weight excluding hydrogens is 624 g/mol. The molecule has 0 aromatic heterocycles. The van der Waals surface area contributed by atoms with Crippen LogP contribution in [-0.2, 0) is 0 Å². The second-order valence-corrected chi connectivity index (χ2v) is 12.7. The van der Waals surface area contributed by atoms with Crippen LogP contribution < -0.4 is 9.47 Å². The molecule has 0 amide bonds. The van der Waals surface area contributed by atoms with Gasteiger partial charge in [-0.3, -0.25) is 0 Å². The molecule has 0 unspecified atom stereocenters. The monoisotopic (exact) mass is 666 g/mol. The van der Waals surface area contributed by atoms with E-state index in [-0.39, 0.29) is 0 Å². The minimum Gasteiger partial charge on any atom is -0.493 e. The fraction of sp³-hybridized carbons (Fsp3) is 0.444. The lowest BCUT2D eigenvalue weighted by atomic mass is 9.92. The Morgan fingerprint density at radius 2 is 0.875 bits per heavy atom. The minimum absolute atomic E-state index is 0.728. The zero-order valence-electron chi connectivity index (χ0n) is 24.2. The molecule has 40 heavy (non-hydrogen) atoms. The molecule has 4 aromatic rings. The molecule has 0 spiro atoms. The van der Waals surface area contributed by atoms with Gasteiger partial charge in [-0.2, -0.15) is 0 Å². The summed E-state index contributed by atoms with van der Waals surface area (Å²) >= 11 is 7.35. The second kappa shape index (κ2) is 16.4. The average molecular weight is 669 g/mol. The van der Waals surface area contributed by atoms with E-state index in [0.717, 1.165) is 57.6 Å². The molecule has 0 radical (unpaired) electrons. The van der Waals surface area contributed by atoms with E-state index in [9.17, 15) is 0 Å². The van der Waals surface area contributed by atoms with E-state index >= 15 is 0 Å². The van der Waals surface area contributed by atoms with Crippen molar-refractivity contribution in [2.45, 2.75) is 90.9 Å². The maximum absolute atomic E-state index is 6.57. The summed E-state index contributed by atoms with van der Waals surface area (Å²) < 4.78 is 15.3. The van der Waals surface area contributed by atoms with Crippen molar-refractivity contribution in [3.05, 3.63) is 69.6 Å². The van der Waals surface area contributed by atoms with Crippen molar-refractivity contribution in [3.8, 4) is 22.6 Å². The molecule has 0 saturated carbocycles. The van der Waals surface area contributed by atoms with E-state index in [1.807, 2.05) is 0 Å².